The monoisotopic (exact) mass is 502 g/mol. The van der Waals surface area contributed by atoms with Crippen molar-refractivity contribution in [1.82, 2.24) is 9.80 Å². The Bertz CT molecular complexity index is 928. The zero-order valence-electron chi connectivity index (χ0n) is 21.2. The van der Waals surface area contributed by atoms with Crippen LogP contribution in [0.25, 0.3) is 0 Å². The third-order valence-electron chi connectivity index (χ3n) is 6.27. The first kappa shape index (κ1) is 27.0. The lowest BCUT2D eigenvalue weighted by Gasteiger charge is -2.29. The molecule has 2 heterocycles. The Labute approximate surface area is 213 Å². The first-order valence-corrected chi connectivity index (χ1v) is 13.3. The third kappa shape index (κ3) is 8.25. The molecule has 3 rings (SSSR count). The highest BCUT2D eigenvalue weighted by Gasteiger charge is 2.26. The summed E-state index contributed by atoms with van der Waals surface area (Å²) in [5, 5.41) is 2.02. The van der Waals surface area contributed by atoms with Gasteiger partial charge in [-0.05, 0) is 54.8 Å². The Morgan fingerprint density at radius 3 is 2.60 bits per heavy atom. The summed E-state index contributed by atoms with van der Waals surface area (Å²) in [6.07, 6.45) is 4.87. The molecule has 1 fully saturated rings. The summed E-state index contributed by atoms with van der Waals surface area (Å²) in [4.78, 5) is 31.2. The minimum atomic E-state index is -0.0401. The van der Waals surface area contributed by atoms with Crippen molar-refractivity contribution >= 4 is 23.2 Å². The molecule has 0 radical (unpaired) electrons. The maximum Gasteiger partial charge on any atom is 0.242 e. The van der Waals surface area contributed by atoms with E-state index in [-0.39, 0.29) is 24.5 Å². The number of rotatable bonds is 14. The van der Waals surface area contributed by atoms with Gasteiger partial charge in [0.1, 0.15) is 0 Å². The summed E-state index contributed by atoms with van der Waals surface area (Å²) in [5.41, 5.74) is 1.06. The van der Waals surface area contributed by atoms with Gasteiger partial charge < -0.3 is 24.0 Å². The molecule has 1 aromatic heterocycles. The average molecular weight is 503 g/mol. The molecule has 1 atom stereocenters. The van der Waals surface area contributed by atoms with Crippen molar-refractivity contribution in [2.24, 2.45) is 0 Å². The second kappa shape index (κ2) is 14.1. The molecule has 0 aliphatic carbocycles. The molecule has 35 heavy (non-hydrogen) atoms. The third-order valence-corrected chi connectivity index (χ3v) is 7.13. The molecular formula is C27H38N2O5S. The maximum absolute atomic E-state index is 13.5. The van der Waals surface area contributed by atoms with Crippen molar-refractivity contribution in [3.8, 4) is 11.5 Å². The van der Waals surface area contributed by atoms with E-state index in [9.17, 15) is 9.59 Å². The Morgan fingerprint density at radius 1 is 1.11 bits per heavy atom. The van der Waals surface area contributed by atoms with E-state index >= 15 is 0 Å². The summed E-state index contributed by atoms with van der Waals surface area (Å²) >= 11 is 1.63. The number of carbonyl (C=O) groups is 2. The number of amides is 2. The Kier molecular flexibility index (Phi) is 10.9. The largest absolute Gasteiger partial charge is 0.493 e. The van der Waals surface area contributed by atoms with Crippen LogP contribution in [-0.2, 0) is 27.3 Å². The smallest absolute Gasteiger partial charge is 0.242 e. The van der Waals surface area contributed by atoms with Crippen molar-refractivity contribution in [2.45, 2.75) is 58.1 Å². The number of nitrogens with zero attached hydrogens (tertiary/aromatic N) is 2. The lowest BCUT2D eigenvalue weighted by molar-refractivity contribution is -0.142. The van der Waals surface area contributed by atoms with Crippen LogP contribution in [0.5, 0.6) is 11.5 Å². The number of carbonyl (C=O) groups excluding carboxylic acids is 2. The first-order valence-electron chi connectivity index (χ1n) is 12.4. The Balaban J connectivity index is 1.71. The Hall–Kier alpha value is -2.58. The van der Waals surface area contributed by atoms with Crippen LogP contribution in [0, 0.1) is 0 Å². The van der Waals surface area contributed by atoms with Gasteiger partial charge in [0.2, 0.25) is 11.8 Å². The fraction of sp³-hybridized carbons (Fsp3) is 0.556. The fourth-order valence-electron chi connectivity index (χ4n) is 4.22. The second-order valence-electron chi connectivity index (χ2n) is 8.85. The first-order chi connectivity index (χ1) is 17.0. The minimum Gasteiger partial charge on any atom is -0.493 e. The lowest BCUT2D eigenvalue weighted by Crippen LogP contribution is -2.45. The van der Waals surface area contributed by atoms with Gasteiger partial charge in [0.25, 0.3) is 0 Å². The van der Waals surface area contributed by atoms with Crippen LogP contribution in [0.2, 0.25) is 0 Å². The van der Waals surface area contributed by atoms with Crippen LogP contribution >= 0.6 is 11.3 Å². The number of hydrogen-bond donors (Lipinski definition) is 0. The molecule has 8 heteroatoms. The summed E-state index contributed by atoms with van der Waals surface area (Å²) in [6.45, 7) is 4.44. The lowest BCUT2D eigenvalue weighted by atomic mass is 10.1. The van der Waals surface area contributed by atoms with E-state index in [4.69, 9.17) is 14.2 Å². The van der Waals surface area contributed by atoms with Gasteiger partial charge in [-0.1, -0.05) is 25.5 Å². The standard InChI is InChI=1S/C27H38N2O5S/c1-4-5-10-26(30)29(18-22-8-6-15-34-22)20-27(31)28(19-23-9-7-16-35-23)14-13-21-11-12-24(32-2)25(17-21)33-3/h7,9,11-12,16-17,22H,4-6,8,10,13-15,18-20H2,1-3H3. The van der Waals surface area contributed by atoms with Crippen molar-refractivity contribution in [2.75, 3.05) is 40.5 Å². The maximum atomic E-state index is 13.5. The van der Waals surface area contributed by atoms with E-state index in [1.165, 1.54) is 0 Å². The second-order valence-corrected chi connectivity index (χ2v) is 9.88. The molecule has 7 nitrogen and oxygen atoms in total. The highest BCUT2D eigenvalue weighted by atomic mass is 32.1. The molecule has 0 bridgehead atoms. The average Bonchev–Trinajstić information content (AvgIpc) is 3.58. The van der Waals surface area contributed by atoms with Gasteiger partial charge in [0.05, 0.1) is 33.4 Å². The van der Waals surface area contributed by atoms with E-state index in [1.807, 2.05) is 40.6 Å². The van der Waals surface area contributed by atoms with E-state index in [0.29, 0.717) is 44.0 Å². The zero-order valence-corrected chi connectivity index (χ0v) is 22.0. The molecule has 1 aliphatic rings. The normalized spacial score (nSPS) is 15.1. The van der Waals surface area contributed by atoms with Gasteiger partial charge in [0.15, 0.2) is 11.5 Å². The van der Waals surface area contributed by atoms with Crippen molar-refractivity contribution in [3.05, 3.63) is 46.2 Å². The van der Waals surface area contributed by atoms with E-state index in [2.05, 4.69) is 6.92 Å². The van der Waals surface area contributed by atoms with Gasteiger partial charge in [-0.25, -0.2) is 0 Å². The molecule has 1 saturated heterocycles. The quantitative estimate of drug-likeness (QED) is 0.380. The highest BCUT2D eigenvalue weighted by molar-refractivity contribution is 7.09. The SMILES string of the molecule is CCCCC(=O)N(CC(=O)N(CCc1ccc(OC)c(OC)c1)Cc1cccs1)CC1CCCO1. The number of benzene rings is 1. The van der Waals surface area contributed by atoms with E-state index < -0.39 is 0 Å². The van der Waals surface area contributed by atoms with Crippen LogP contribution in [-0.4, -0.2) is 68.2 Å². The molecule has 0 spiro atoms. The topological polar surface area (TPSA) is 68.3 Å². The van der Waals surface area contributed by atoms with Gasteiger partial charge in [-0.15, -0.1) is 11.3 Å². The van der Waals surface area contributed by atoms with E-state index in [1.54, 1.807) is 30.5 Å². The molecule has 0 saturated carbocycles. The number of thiophene rings is 1. The van der Waals surface area contributed by atoms with Gasteiger partial charge in [-0.2, -0.15) is 0 Å². The van der Waals surface area contributed by atoms with Crippen LogP contribution in [0.1, 0.15) is 49.5 Å². The molecule has 2 amide bonds. The molecule has 2 aromatic rings. The summed E-state index contributed by atoms with van der Waals surface area (Å²) in [6, 6.07) is 9.86. The minimum absolute atomic E-state index is 0.0193. The van der Waals surface area contributed by atoms with Gasteiger partial charge in [0, 0.05) is 31.0 Å². The molecule has 1 aliphatic heterocycles. The van der Waals surface area contributed by atoms with Crippen LogP contribution < -0.4 is 9.47 Å². The molecule has 1 aromatic carbocycles. The predicted molar refractivity (Wildman–Crippen MR) is 138 cm³/mol. The van der Waals surface area contributed by atoms with Crippen LogP contribution in [0.4, 0.5) is 0 Å². The number of ether oxygens (including phenoxy) is 3. The van der Waals surface area contributed by atoms with E-state index in [0.717, 1.165) is 42.7 Å². The van der Waals surface area contributed by atoms with Crippen LogP contribution in [0.15, 0.2) is 35.7 Å². The summed E-state index contributed by atoms with van der Waals surface area (Å²) < 4.78 is 16.5. The van der Waals surface area contributed by atoms with Crippen LogP contribution in [0.3, 0.4) is 0 Å². The van der Waals surface area contributed by atoms with Gasteiger partial charge in [-0.3, -0.25) is 9.59 Å². The number of unbranched alkanes of at least 4 members (excludes halogenated alkanes) is 1. The summed E-state index contributed by atoms with van der Waals surface area (Å²) in [5.74, 6) is 1.34. The zero-order chi connectivity index (χ0) is 25.0. The molecule has 1 unspecified atom stereocenters. The number of hydrogen-bond acceptors (Lipinski definition) is 6. The molecule has 0 N–H and O–H groups in total. The highest BCUT2D eigenvalue weighted by Crippen LogP contribution is 2.28. The molecular weight excluding hydrogens is 464 g/mol. The van der Waals surface area contributed by atoms with Gasteiger partial charge >= 0.3 is 0 Å². The van der Waals surface area contributed by atoms with Crippen molar-refractivity contribution in [3.63, 3.8) is 0 Å². The molecule has 192 valence electrons. The predicted octanol–water partition coefficient (Wildman–Crippen LogP) is 4.53. The van der Waals surface area contributed by atoms with Crippen molar-refractivity contribution < 1.29 is 23.8 Å². The Morgan fingerprint density at radius 2 is 1.94 bits per heavy atom. The van der Waals surface area contributed by atoms with Crippen molar-refractivity contribution in [1.29, 1.82) is 0 Å². The summed E-state index contributed by atoms with van der Waals surface area (Å²) in [7, 11) is 3.23. The number of methoxy groups -OCH3 is 2. The fourth-order valence-corrected chi connectivity index (χ4v) is 4.94.